The monoisotopic (exact) mass is 290 g/mol. The summed E-state index contributed by atoms with van der Waals surface area (Å²) in [7, 11) is 0. The van der Waals surface area contributed by atoms with Gasteiger partial charge in [0.15, 0.2) is 5.15 Å². The van der Waals surface area contributed by atoms with Crippen LogP contribution in [-0.4, -0.2) is 9.55 Å². The van der Waals surface area contributed by atoms with E-state index >= 15 is 0 Å². The zero-order valence-corrected chi connectivity index (χ0v) is 9.97. The second-order valence-corrected chi connectivity index (χ2v) is 4.06. The Morgan fingerprint density at radius 2 is 1.89 bits per heavy atom. The van der Waals surface area contributed by atoms with Crippen LogP contribution in [0.4, 0.5) is 13.2 Å². The summed E-state index contributed by atoms with van der Waals surface area (Å²) in [6.45, 7) is -0.605. The van der Waals surface area contributed by atoms with Crippen molar-refractivity contribution in [3.05, 3.63) is 67.2 Å². The number of halogens is 4. The van der Waals surface area contributed by atoms with Crippen LogP contribution in [0.25, 0.3) is 0 Å². The first-order chi connectivity index (χ1) is 8.90. The van der Waals surface area contributed by atoms with Gasteiger partial charge in [0, 0.05) is 5.56 Å². The molecule has 4 nitrogen and oxygen atoms in total. The van der Waals surface area contributed by atoms with Gasteiger partial charge in [-0.1, -0.05) is 11.6 Å². The van der Waals surface area contributed by atoms with Crippen LogP contribution in [0, 0.1) is 17.5 Å². The first-order valence-electron chi connectivity index (χ1n) is 5.02. The molecule has 0 radical (unpaired) electrons. The first-order valence-corrected chi connectivity index (χ1v) is 5.40. The molecule has 8 heteroatoms. The summed E-state index contributed by atoms with van der Waals surface area (Å²) >= 11 is 5.27. The normalized spacial score (nSPS) is 10.7. The Bertz CT molecular complexity index is 755. The van der Waals surface area contributed by atoms with Crippen molar-refractivity contribution in [1.29, 1.82) is 0 Å². The summed E-state index contributed by atoms with van der Waals surface area (Å²) in [5, 5.41) is -0.731. The molecule has 2 aromatic rings. The van der Waals surface area contributed by atoms with Crippen molar-refractivity contribution in [1.82, 2.24) is 9.55 Å². The summed E-state index contributed by atoms with van der Waals surface area (Å²) in [5.74, 6) is -2.92. The van der Waals surface area contributed by atoms with Gasteiger partial charge in [0.2, 0.25) is 5.82 Å². The molecule has 0 aliphatic rings. The predicted molar refractivity (Wildman–Crippen MR) is 61.8 cm³/mol. The molecule has 19 heavy (non-hydrogen) atoms. The highest BCUT2D eigenvalue weighted by molar-refractivity contribution is 6.29. The second-order valence-electron chi connectivity index (χ2n) is 3.69. The molecule has 1 aromatic carbocycles. The molecule has 1 N–H and O–H groups in total. The van der Waals surface area contributed by atoms with E-state index in [0.717, 1.165) is 18.2 Å². The van der Waals surface area contributed by atoms with E-state index in [-0.39, 0.29) is 5.56 Å². The average Bonchev–Trinajstić information content (AvgIpc) is 2.36. The maximum Gasteiger partial charge on any atom is 0.329 e. The third kappa shape index (κ3) is 2.55. The Balaban J connectivity index is 2.56. The van der Waals surface area contributed by atoms with Crippen molar-refractivity contribution in [2.45, 2.75) is 6.54 Å². The molecule has 0 bridgehead atoms. The van der Waals surface area contributed by atoms with Gasteiger partial charge in [-0.2, -0.15) is 4.39 Å². The van der Waals surface area contributed by atoms with E-state index in [0.29, 0.717) is 4.57 Å². The SMILES string of the molecule is O=c1[nH]c(Cl)c(F)c(=O)n1Cc1cc(F)ccc1F. The quantitative estimate of drug-likeness (QED) is 0.855. The van der Waals surface area contributed by atoms with E-state index in [1.54, 1.807) is 0 Å². The van der Waals surface area contributed by atoms with E-state index in [9.17, 15) is 22.8 Å². The Labute approximate surface area is 109 Å². The van der Waals surface area contributed by atoms with Gasteiger partial charge >= 0.3 is 5.69 Å². The lowest BCUT2D eigenvalue weighted by atomic mass is 10.2. The van der Waals surface area contributed by atoms with Crippen LogP contribution >= 0.6 is 11.6 Å². The van der Waals surface area contributed by atoms with Gasteiger partial charge < -0.3 is 0 Å². The van der Waals surface area contributed by atoms with Gasteiger partial charge in [0.05, 0.1) is 6.54 Å². The highest BCUT2D eigenvalue weighted by Gasteiger charge is 2.14. The number of aromatic nitrogens is 2. The van der Waals surface area contributed by atoms with Gasteiger partial charge in [-0.15, -0.1) is 0 Å². The topological polar surface area (TPSA) is 54.9 Å². The summed E-state index contributed by atoms with van der Waals surface area (Å²) in [4.78, 5) is 24.8. The molecule has 0 amide bonds. The van der Waals surface area contributed by atoms with Gasteiger partial charge in [-0.3, -0.25) is 14.3 Å². The van der Waals surface area contributed by atoms with E-state index in [4.69, 9.17) is 11.6 Å². The molecule has 1 heterocycles. The first kappa shape index (κ1) is 13.4. The second kappa shape index (κ2) is 4.93. The Morgan fingerprint density at radius 3 is 2.58 bits per heavy atom. The number of hydrogen-bond acceptors (Lipinski definition) is 2. The molecule has 100 valence electrons. The van der Waals surface area contributed by atoms with Crippen molar-refractivity contribution in [3.8, 4) is 0 Å². The summed E-state index contributed by atoms with van der Waals surface area (Å²) in [6, 6.07) is 2.54. The van der Waals surface area contributed by atoms with Gasteiger partial charge in [-0.25, -0.2) is 13.6 Å². The van der Waals surface area contributed by atoms with Crippen LogP contribution in [0.5, 0.6) is 0 Å². The fourth-order valence-corrected chi connectivity index (χ4v) is 1.66. The zero-order chi connectivity index (χ0) is 14.2. The number of nitrogens with zero attached hydrogens (tertiary/aromatic N) is 1. The minimum absolute atomic E-state index is 0.255. The Hall–Kier alpha value is -2.02. The molecule has 0 fully saturated rings. The summed E-state index contributed by atoms with van der Waals surface area (Å²) in [6.07, 6.45) is 0. The fraction of sp³-hybridized carbons (Fsp3) is 0.0909. The molecule has 0 unspecified atom stereocenters. The van der Waals surface area contributed by atoms with Gasteiger partial charge in [0.1, 0.15) is 11.6 Å². The molecule has 0 aliphatic heterocycles. The number of nitrogens with one attached hydrogen (secondary N) is 1. The van der Waals surface area contributed by atoms with Gasteiger partial charge in [-0.05, 0) is 18.2 Å². The van der Waals surface area contributed by atoms with Crippen molar-refractivity contribution >= 4 is 11.6 Å². The molecule has 0 saturated carbocycles. The van der Waals surface area contributed by atoms with Crippen LogP contribution in [0.2, 0.25) is 5.15 Å². The number of aromatic amines is 1. The predicted octanol–water partition coefficient (Wildman–Crippen LogP) is 1.66. The lowest BCUT2D eigenvalue weighted by Crippen LogP contribution is -2.37. The van der Waals surface area contributed by atoms with Gasteiger partial charge in [0.25, 0.3) is 5.56 Å². The lowest BCUT2D eigenvalue weighted by Gasteiger charge is -2.06. The number of rotatable bonds is 2. The standard InChI is InChI=1S/C11H6ClF3N2O2/c12-9-8(15)10(18)17(11(19)16-9)4-5-3-6(13)1-2-7(5)14/h1-3H,4H2,(H,16,19). The van der Waals surface area contributed by atoms with E-state index < -0.39 is 40.4 Å². The van der Waals surface area contributed by atoms with Crippen LogP contribution in [0.3, 0.4) is 0 Å². The number of benzene rings is 1. The van der Waals surface area contributed by atoms with Crippen molar-refractivity contribution in [3.63, 3.8) is 0 Å². The molecule has 1 aromatic heterocycles. The Morgan fingerprint density at radius 1 is 1.21 bits per heavy atom. The molecule has 0 atom stereocenters. The minimum Gasteiger partial charge on any atom is -0.295 e. The third-order valence-electron chi connectivity index (χ3n) is 2.42. The molecule has 0 saturated heterocycles. The lowest BCUT2D eigenvalue weighted by molar-refractivity contribution is 0.539. The number of hydrogen-bond donors (Lipinski definition) is 1. The maximum absolute atomic E-state index is 13.4. The molecular weight excluding hydrogens is 285 g/mol. The van der Waals surface area contributed by atoms with E-state index in [1.807, 2.05) is 4.98 Å². The fourth-order valence-electron chi connectivity index (χ4n) is 1.50. The maximum atomic E-state index is 13.4. The van der Waals surface area contributed by atoms with Crippen LogP contribution in [0.15, 0.2) is 27.8 Å². The van der Waals surface area contributed by atoms with E-state index in [1.165, 1.54) is 0 Å². The highest BCUT2D eigenvalue weighted by Crippen LogP contribution is 2.10. The summed E-state index contributed by atoms with van der Waals surface area (Å²) in [5.41, 5.74) is -2.58. The Kier molecular flexibility index (Phi) is 3.48. The van der Waals surface area contributed by atoms with Crippen molar-refractivity contribution in [2.75, 3.05) is 0 Å². The third-order valence-corrected chi connectivity index (χ3v) is 2.68. The van der Waals surface area contributed by atoms with E-state index in [2.05, 4.69) is 0 Å². The summed E-state index contributed by atoms with van der Waals surface area (Å²) < 4.78 is 40.0. The van der Waals surface area contributed by atoms with Crippen LogP contribution in [-0.2, 0) is 6.54 Å². The zero-order valence-electron chi connectivity index (χ0n) is 9.21. The highest BCUT2D eigenvalue weighted by atomic mass is 35.5. The van der Waals surface area contributed by atoms with Crippen molar-refractivity contribution in [2.24, 2.45) is 0 Å². The average molecular weight is 291 g/mol. The van der Waals surface area contributed by atoms with Crippen LogP contribution in [0.1, 0.15) is 5.56 Å². The largest absolute Gasteiger partial charge is 0.329 e. The molecule has 2 rings (SSSR count). The van der Waals surface area contributed by atoms with Crippen molar-refractivity contribution < 1.29 is 13.2 Å². The smallest absolute Gasteiger partial charge is 0.295 e. The molecule has 0 spiro atoms. The number of H-pyrrole nitrogens is 1. The van der Waals surface area contributed by atoms with Crippen LogP contribution < -0.4 is 11.2 Å². The molecule has 0 aliphatic carbocycles. The minimum atomic E-state index is -1.36. The molecular formula is C11H6ClF3N2O2.